The number of hydrogen-bond donors (Lipinski definition) is 0. The maximum absolute atomic E-state index is 15.4. The molecule has 0 saturated heterocycles. The number of halogens is 21. The minimum absolute atomic E-state index is 0.213. The fourth-order valence-corrected chi connectivity index (χ4v) is 6.71. The highest BCUT2D eigenvalue weighted by molar-refractivity contribution is 9.09. The second-order valence-electron chi connectivity index (χ2n) is 12.6. The zero-order valence-corrected chi connectivity index (χ0v) is 31.5. The third kappa shape index (κ3) is 7.94. The Bertz CT molecular complexity index is 2410. The maximum atomic E-state index is 15.4. The quantitative estimate of drug-likeness (QED) is 0.0292. The fourth-order valence-electron chi connectivity index (χ4n) is 6.50. The summed E-state index contributed by atoms with van der Waals surface area (Å²) in [6.07, 6.45) is -3.47. The van der Waals surface area contributed by atoms with E-state index < -0.39 is 144 Å². The standard InChI is InChI=1S/C24BF20.C14H13BrNO2/c26-5-1(6(27)14(35)21(42)13(5)34)25(2-7(28)15(36)22(43)16(37)8(2)29,3-9(30)17(38)23(44)18(39)10(3)31)4-11(32)19(40)24(45)20(41)12(4)33;15-11-18-14(17)13-6-8-16(9-7-13)10-12-4-2-1-3-5-12/h;1-9H,10-11H2/q-1;+1. The lowest BCUT2D eigenvalue weighted by Gasteiger charge is -2.44. The van der Waals surface area contributed by atoms with Crippen molar-refractivity contribution in [2.45, 2.75) is 6.54 Å². The number of alkyl halides is 1. The Labute approximate surface area is 345 Å². The molecule has 1 heterocycles. The van der Waals surface area contributed by atoms with Gasteiger partial charge in [-0.3, -0.25) is 0 Å². The number of hydrogen-bond acceptors (Lipinski definition) is 2. The molecule has 3 nitrogen and oxygen atoms in total. The third-order valence-corrected chi connectivity index (χ3v) is 9.46. The highest BCUT2D eigenvalue weighted by Gasteiger charge is 2.52. The Morgan fingerprint density at radius 1 is 0.413 bits per heavy atom. The van der Waals surface area contributed by atoms with E-state index in [1.165, 1.54) is 5.56 Å². The minimum atomic E-state index is -7.22. The van der Waals surface area contributed by atoms with E-state index in [4.69, 9.17) is 4.74 Å². The van der Waals surface area contributed by atoms with Gasteiger partial charge in [0.25, 0.3) is 0 Å². The molecule has 0 aliphatic heterocycles. The van der Waals surface area contributed by atoms with Crippen LogP contribution in [-0.4, -0.2) is 17.6 Å². The van der Waals surface area contributed by atoms with E-state index >= 15 is 35.1 Å². The fraction of sp³-hybridized carbons (Fsp3) is 0.0526. The average molecular weight is 986 g/mol. The Morgan fingerprint density at radius 3 is 0.921 bits per heavy atom. The highest BCUT2D eigenvalue weighted by Crippen LogP contribution is 2.30. The van der Waals surface area contributed by atoms with E-state index in [9.17, 15) is 57.5 Å². The summed E-state index contributed by atoms with van der Waals surface area (Å²) in [7, 11) is 0. The Hall–Kier alpha value is -6.14. The van der Waals surface area contributed by atoms with Gasteiger partial charge in [-0.25, -0.2) is 97.2 Å². The van der Waals surface area contributed by atoms with Crippen molar-refractivity contribution in [3.63, 3.8) is 0 Å². The summed E-state index contributed by atoms with van der Waals surface area (Å²) in [6, 6.07) is 13.7. The van der Waals surface area contributed by atoms with Gasteiger partial charge in [-0.2, -0.15) is 0 Å². The van der Waals surface area contributed by atoms with Crippen LogP contribution in [0.4, 0.5) is 87.8 Å². The van der Waals surface area contributed by atoms with Gasteiger partial charge in [0.15, 0.2) is 88.7 Å². The zero-order valence-electron chi connectivity index (χ0n) is 29.9. The summed E-state index contributed by atoms with van der Waals surface area (Å²) in [5.74, 6) is -71.7. The minimum Gasteiger partial charge on any atom is -0.450 e. The van der Waals surface area contributed by atoms with Crippen molar-refractivity contribution in [1.82, 2.24) is 0 Å². The van der Waals surface area contributed by atoms with Gasteiger partial charge in [-0.1, -0.05) is 30.3 Å². The molecule has 0 aliphatic rings. The number of nitrogens with zero attached hydrogens (tertiary/aromatic N) is 1. The lowest BCUT2D eigenvalue weighted by molar-refractivity contribution is -0.688. The van der Waals surface area contributed by atoms with E-state index in [1.54, 1.807) is 12.1 Å². The summed E-state index contributed by atoms with van der Waals surface area (Å²) in [5, 5.41) is 0. The van der Waals surface area contributed by atoms with Crippen LogP contribution in [0.25, 0.3) is 0 Å². The number of esters is 1. The summed E-state index contributed by atoms with van der Waals surface area (Å²) >= 11 is 3.06. The number of aromatic nitrogens is 1. The summed E-state index contributed by atoms with van der Waals surface area (Å²) in [4.78, 5) is 11.5. The van der Waals surface area contributed by atoms with Crippen molar-refractivity contribution in [2.24, 2.45) is 0 Å². The molecule has 0 radical (unpaired) electrons. The molecule has 0 amide bonds. The lowest BCUT2D eigenvalue weighted by Crippen LogP contribution is -2.81. The van der Waals surface area contributed by atoms with Crippen molar-refractivity contribution in [3.05, 3.63) is 182 Å². The van der Waals surface area contributed by atoms with Gasteiger partial charge in [0.2, 0.25) is 0 Å². The highest BCUT2D eigenvalue weighted by atomic mass is 79.9. The van der Waals surface area contributed by atoms with Gasteiger partial charge in [0.1, 0.15) is 58.2 Å². The first kappa shape index (κ1) is 47.9. The predicted octanol–water partition coefficient (Wildman–Crippen LogP) is 8.38. The molecule has 0 bridgehead atoms. The van der Waals surface area contributed by atoms with Gasteiger partial charge >= 0.3 is 5.97 Å². The van der Waals surface area contributed by atoms with Crippen molar-refractivity contribution < 1.29 is 102 Å². The summed E-state index contributed by atoms with van der Waals surface area (Å²) < 4.78 is 301. The van der Waals surface area contributed by atoms with Gasteiger partial charge in [-0.05, 0) is 15.9 Å². The van der Waals surface area contributed by atoms with Crippen molar-refractivity contribution >= 4 is 49.9 Å². The Kier molecular flexibility index (Phi) is 13.9. The second kappa shape index (κ2) is 18.3. The molecule has 63 heavy (non-hydrogen) atoms. The van der Waals surface area contributed by atoms with Crippen LogP contribution in [0.3, 0.4) is 0 Å². The van der Waals surface area contributed by atoms with Crippen LogP contribution >= 0.6 is 15.9 Å². The number of benzene rings is 5. The zero-order chi connectivity index (χ0) is 47.2. The van der Waals surface area contributed by atoms with E-state index in [0.717, 1.165) is 6.54 Å². The Morgan fingerprint density at radius 2 is 0.667 bits per heavy atom. The van der Waals surface area contributed by atoms with E-state index in [0.29, 0.717) is 5.56 Å². The normalized spacial score (nSPS) is 11.4. The van der Waals surface area contributed by atoms with Crippen LogP contribution in [0.1, 0.15) is 15.9 Å². The molecule has 0 spiro atoms. The molecule has 5 aromatic carbocycles. The lowest BCUT2D eigenvalue weighted by atomic mass is 9.12. The van der Waals surface area contributed by atoms with Crippen molar-refractivity contribution in [3.8, 4) is 0 Å². The average Bonchev–Trinajstić information content (AvgIpc) is 3.27. The van der Waals surface area contributed by atoms with Gasteiger partial charge < -0.3 is 4.74 Å². The van der Waals surface area contributed by atoms with E-state index in [2.05, 4.69) is 28.1 Å². The van der Waals surface area contributed by atoms with E-state index in [-0.39, 0.29) is 11.5 Å². The Balaban J connectivity index is 0.000000345. The number of rotatable bonds is 8. The largest absolute Gasteiger partial charge is 0.450 e. The molecule has 0 aliphatic carbocycles. The molecular formula is C38H13BBrF20NO2. The SMILES string of the molecule is Fc1c(F)c(F)c([B-](c2c(F)c(F)c(F)c(F)c2F)(c2c(F)c(F)c(F)c(F)c2F)c2c(F)c(F)c(F)c(F)c2F)c(F)c1F.O=C(OCBr)c1cc[n+](Cc2ccccc2)cc1. The summed E-state index contributed by atoms with van der Waals surface area (Å²) in [5.41, 5.74) is -12.3. The van der Waals surface area contributed by atoms with Crippen LogP contribution in [0.2, 0.25) is 0 Å². The van der Waals surface area contributed by atoms with Gasteiger partial charge in [0.05, 0.1) is 5.56 Å². The summed E-state index contributed by atoms with van der Waals surface area (Å²) in [6.45, 7) is 0.786. The first-order valence-electron chi connectivity index (χ1n) is 16.5. The van der Waals surface area contributed by atoms with Crippen LogP contribution in [-0.2, 0) is 11.3 Å². The molecule has 6 aromatic rings. The van der Waals surface area contributed by atoms with Crippen molar-refractivity contribution in [1.29, 1.82) is 0 Å². The number of carbonyl (C=O) groups excluding carboxylic acids is 1. The van der Waals surface area contributed by atoms with Crippen LogP contribution < -0.4 is 26.4 Å². The monoisotopic (exact) mass is 985 g/mol. The van der Waals surface area contributed by atoms with Crippen LogP contribution in [0.15, 0.2) is 54.9 Å². The first-order chi connectivity index (χ1) is 29.5. The van der Waals surface area contributed by atoms with E-state index in [1.807, 2.05) is 35.2 Å². The molecule has 0 fully saturated rings. The topological polar surface area (TPSA) is 30.2 Å². The van der Waals surface area contributed by atoms with Gasteiger partial charge in [-0.15, -0.1) is 21.9 Å². The molecule has 0 unspecified atom stereocenters. The predicted molar refractivity (Wildman–Crippen MR) is 181 cm³/mol. The first-order valence-corrected chi connectivity index (χ1v) is 17.6. The molecule has 332 valence electrons. The molecule has 0 saturated carbocycles. The maximum Gasteiger partial charge on any atom is 0.339 e. The van der Waals surface area contributed by atoms with Crippen molar-refractivity contribution in [2.75, 3.05) is 5.52 Å². The molecule has 6 rings (SSSR count). The van der Waals surface area contributed by atoms with Crippen LogP contribution in [0.5, 0.6) is 0 Å². The molecule has 0 atom stereocenters. The molecule has 0 N–H and O–H groups in total. The third-order valence-electron chi connectivity index (χ3n) is 9.23. The number of pyridine rings is 1. The molecule has 25 heteroatoms. The smallest absolute Gasteiger partial charge is 0.339 e. The second-order valence-corrected chi connectivity index (χ2v) is 13.0. The molecular weight excluding hydrogens is 973 g/mol. The number of carbonyl (C=O) groups is 1. The van der Waals surface area contributed by atoms with Gasteiger partial charge in [0, 0.05) is 17.7 Å². The van der Waals surface area contributed by atoms with Crippen LogP contribution in [0, 0.1) is 116 Å². The number of ether oxygens (including phenoxy) is 1. The molecule has 1 aromatic heterocycles.